The third-order valence-electron chi connectivity index (χ3n) is 26.4. The first-order chi connectivity index (χ1) is 67.2. The molecule has 0 saturated heterocycles. The minimum Gasteiger partial charge on any atom is -1.00 e. The number of nitrogens with one attached hydrogen (secondary N) is 2. The number of ether oxygens (including phenoxy) is 5. The Morgan fingerprint density at radius 3 is 0.736 bits per heavy atom. The largest absolute Gasteiger partial charge is 1.00 e. The number of hydrogen-bond donors (Lipinski definition) is 13. The molecule has 15 rings (SSSR count). The monoisotopic (exact) mass is 2030 g/mol. The van der Waals surface area contributed by atoms with Gasteiger partial charge in [0.05, 0.1) is 61.1 Å². The van der Waals surface area contributed by atoms with E-state index in [1.807, 2.05) is 127 Å². The smallest absolute Gasteiger partial charge is 0.366 e. The van der Waals surface area contributed by atoms with Crippen molar-refractivity contribution in [3.63, 3.8) is 0 Å². The number of Topliss-reactive ketones (excluding diaryl/α,β-unsaturated/α-hetero) is 5. The Balaban J connectivity index is 0.000000234. The molecule has 0 bridgehead atoms. The Morgan fingerprint density at radius 1 is 0.340 bits per heavy atom. The third-order valence-corrected chi connectivity index (χ3v) is 26.4. The van der Waals surface area contributed by atoms with Crippen molar-refractivity contribution >= 4 is 82.6 Å². The van der Waals surface area contributed by atoms with Gasteiger partial charge in [0.1, 0.15) is 29.4 Å². The van der Waals surface area contributed by atoms with E-state index in [0.29, 0.717) is 83.9 Å². The van der Waals surface area contributed by atoms with Gasteiger partial charge in [0.15, 0.2) is 41.1 Å². The summed E-state index contributed by atoms with van der Waals surface area (Å²) in [4.78, 5) is 169. The molecule has 0 aromatic heterocycles. The Labute approximate surface area is 850 Å². The van der Waals surface area contributed by atoms with Crippen LogP contribution < -0.4 is 52.6 Å². The predicted molar refractivity (Wildman–Crippen MR) is 524 cm³/mol. The van der Waals surface area contributed by atoms with Crippen molar-refractivity contribution in [1.82, 2.24) is 10.6 Å². The van der Waals surface area contributed by atoms with Gasteiger partial charge in [-0.1, -0.05) is 212 Å². The summed E-state index contributed by atoms with van der Waals surface area (Å²) in [6.07, 6.45) is 21.9. The summed E-state index contributed by atoms with van der Waals surface area (Å²) >= 11 is 0. The summed E-state index contributed by atoms with van der Waals surface area (Å²) in [5, 5.41) is 76.1. The number of fused-ring (bicyclic) bond motifs is 5. The molecular weight excluding hydrogens is 1890 g/mol. The number of hydrogen-bond acceptors (Lipinski definition) is 26. The number of ketones is 5. The Kier molecular flexibility index (Phi) is 44.1. The molecule has 5 saturated carbocycles. The summed E-state index contributed by atoms with van der Waals surface area (Å²) in [6, 6.07) is 42.2. The van der Waals surface area contributed by atoms with Crippen LogP contribution in [0.5, 0.6) is 0 Å². The lowest BCUT2D eigenvalue weighted by Gasteiger charge is -2.27. The Hall–Kier alpha value is -12.7. The fourth-order valence-corrected chi connectivity index (χ4v) is 18.6. The molecule has 5 aromatic carbocycles. The molecule has 0 amide bonds. The minimum atomic E-state index is -1.21. The molecule has 5 fully saturated rings. The average molecular weight is 2030 g/mol. The number of aliphatic carboxylic acids is 4. The van der Waals surface area contributed by atoms with E-state index in [0.717, 1.165) is 63.8 Å². The number of nitrogens with two attached hydrogens (primary N) is 1. The lowest BCUT2D eigenvalue weighted by molar-refractivity contribution is -0.423. The summed E-state index contributed by atoms with van der Waals surface area (Å²) < 4.78 is 26.8. The van der Waals surface area contributed by atoms with Crippen molar-refractivity contribution in [2.24, 2.45) is 64.9 Å². The van der Waals surface area contributed by atoms with E-state index in [1.165, 1.54) is 13.8 Å². The minimum absolute atomic E-state index is 0. The molecule has 0 aliphatic heterocycles. The molecule has 34 heteroatoms. The van der Waals surface area contributed by atoms with Crippen LogP contribution in [0.3, 0.4) is 0 Å². The quantitative estimate of drug-likeness (QED) is 0.0169. The number of carboxylic acid groups (broad SMARTS) is 4. The second-order valence-corrected chi connectivity index (χ2v) is 38.5. The molecule has 5 aromatic rings. The Morgan fingerprint density at radius 2 is 0.549 bits per heavy atom. The zero-order chi connectivity index (χ0) is 105. The number of likely N-dealkylation sites (N-methyl/N-ethyl adjacent to an activating group) is 2. The van der Waals surface area contributed by atoms with Crippen LogP contribution >= 0.6 is 0 Å². The predicted octanol–water partition coefficient (Wildman–Crippen LogP) is 4.06. The normalized spacial score (nSPS) is 21.9. The number of carbonyl (C=O) groups excluding carboxylic acids is 10. The fraction of sp³-hybridized carbons (Fsp3) is 0.418. The van der Waals surface area contributed by atoms with Crippen LogP contribution in [0.1, 0.15) is 185 Å². The maximum atomic E-state index is 12.9. The lowest BCUT2D eigenvalue weighted by Crippen LogP contribution is -3.00. The molecular formula is C110H133Cl2N5O27. The zero-order valence-corrected chi connectivity index (χ0v) is 84.4. The van der Waals surface area contributed by atoms with Gasteiger partial charge in [-0.05, 0) is 175 Å². The van der Waals surface area contributed by atoms with Gasteiger partial charge in [-0.25, -0.2) is 9.59 Å². The second-order valence-electron chi connectivity index (χ2n) is 38.5. The molecule has 774 valence electrons. The van der Waals surface area contributed by atoms with E-state index < -0.39 is 162 Å². The molecule has 0 spiro atoms. The summed E-state index contributed by atoms with van der Waals surface area (Å²) in [6.45, 7) is 15.8. The van der Waals surface area contributed by atoms with Crippen molar-refractivity contribution in [3.05, 3.63) is 296 Å². The molecule has 0 heterocycles. The lowest BCUT2D eigenvalue weighted by atomic mass is 9.90. The average Bonchev–Trinajstić information content (AvgIpc) is 1.61. The molecule has 10 aliphatic carbocycles. The first kappa shape index (κ1) is 118. The van der Waals surface area contributed by atoms with Crippen LogP contribution in [-0.4, -0.2) is 223 Å². The van der Waals surface area contributed by atoms with Crippen molar-refractivity contribution in [3.8, 4) is 0 Å². The van der Waals surface area contributed by atoms with E-state index in [9.17, 15) is 72.2 Å². The number of aliphatic hydroxyl groups is 4. The van der Waals surface area contributed by atoms with Gasteiger partial charge in [0.2, 0.25) is 12.1 Å². The molecule has 18 atom stereocenters. The van der Waals surface area contributed by atoms with Crippen molar-refractivity contribution in [1.29, 1.82) is 0 Å². The van der Waals surface area contributed by atoms with Crippen LogP contribution in [0.4, 0.5) is 0 Å². The van der Waals surface area contributed by atoms with E-state index in [-0.39, 0.29) is 89.3 Å². The highest BCUT2D eigenvalue weighted by atomic mass is 35.5. The maximum absolute atomic E-state index is 12.9. The van der Waals surface area contributed by atoms with Gasteiger partial charge >= 0.3 is 53.7 Å². The standard InChI is InChI=1S/C25H31NO5.2C20H21NO5.2C16H14O3.C9H19NO3.C4H11NO3.2ClH/c1-15(21(26-5)24(29)31-25(2,3)4)30-23(28)20-14-12-17-18(20)11-13-19(17)22(27)16-9-7-6-8-10-16;2*1-11(17(21)19(23)24)26-20(25)16-10-8-13-14(16)7-9-15(13)18(22)12-5-3-2-4-6-12;2*17-15(10-4-2-1-3-5-10)13-8-6-12-11(13)7-9-14(12)16(18)19;1-6(11)7(10-5)8(12)13-9(2,3)4;5-4(1-6,2-7)3-8;;/h6-11,13,15,17,20-21,26H,12,14H2,1-5H3;2*2-7,9,11,13,16-17H,8,10,21H2,1H3,(H,23,24);2*1-6,8,11,14H,7,9H2,(H,18,19);6-7,10-11H,1-5H3;6-8H,1-3,5H2;2*1H/t15-,17?,20?,21?;11-,13?,16?,17?;11-,13?,16+,17?;;;6-,7?;;;/m111..1.../s1. The van der Waals surface area contributed by atoms with E-state index in [1.54, 1.807) is 154 Å². The van der Waals surface area contributed by atoms with Gasteiger partial charge in [-0.3, -0.25) is 57.5 Å². The van der Waals surface area contributed by atoms with Crippen LogP contribution in [0.15, 0.2) is 268 Å². The molecule has 10 aliphatic rings. The van der Waals surface area contributed by atoms with Crippen LogP contribution in [0.2, 0.25) is 0 Å². The van der Waals surface area contributed by atoms with Crippen LogP contribution in [-0.2, 0) is 66.8 Å². The number of carbonyl (C=O) groups is 14. The van der Waals surface area contributed by atoms with Gasteiger partial charge in [0, 0.05) is 85.3 Å². The number of quaternary nitrogens is 2. The number of esters is 5. The fourth-order valence-electron chi connectivity index (χ4n) is 18.6. The van der Waals surface area contributed by atoms with Crippen molar-refractivity contribution in [2.75, 3.05) is 33.9 Å². The van der Waals surface area contributed by atoms with Gasteiger partial charge in [-0.2, -0.15) is 0 Å². The summed E-state index contributed by atoms with van der Waals surface area (Å²) in [7, 11) is 3.25. The highest BCUT2D eigenvalue weighted by molar-refractivity contribution is 6.13. The first-order valence-corrected chi connectivity index (χ1v) is 47.6. The molecule has 18 N–H and O–H groups in total. The Bertz CT molecular complexity index is 5520. The topological polar surface area (TPSA) is 552 Å². The SMILES string of the molecule is CNC(C(=O)OC(C)(C)C)[C@@H](C)O.CNC(C(=O)OC(C)(C)C)[C@@H](C)OC(=O)C1CCC2C(C(=O)c3ccccc3)=CC=C12.C[C@@H](OC(=O)C1CCC2C(C(=O)c3ccccc3)=CC=C12)C([NH3+])C(=O)O.C[C@@H](OC(=O)[C@H]1CCC2C(C(=O)c3ccccc3)=CC=C21)C([NH3+])C(=O)O.NC(CO)(CO)CO.O=C(C1=CC=C2C(C(=O)O)CCC12)c1ccccc1.O=C(C1=CC=C2C(C(=O)O)CCC12)c1ccccc1.[Cl-].[Cl-]. The number of halogens is 2. The van der Waals surface area contributed by atoms with Crippen LogP contribution in [0.25, 0.3) is 0 Å². The van der Waals surface area contributed by atoms with Crippen LogP contribution in [0, 0.1) is 59.2 Å². The number of benzene rings is 5. The van der Waals surface area contributed by atoms with Gasteiger partial charge in [0.25, 0.3) is 0 Å². The van der Waals surface area contributed by atoms with Crippen molar-refractivity contribution in [2.45, 2.75) is 199 Å². The first-order valence-electron chi connectivity index (χ1n) is 47.6. The highest BCUT2D eigenvalue weighted by Crippen LogP contribution is 2.51. The second kappa shape index (κ2) is 53.8. The number of allylic oxidation sites excluding steroid dienone is 15. The molecule has 32 nitrogen and oxygen atoms in total. The van der Waals surface area contributed by atoms with Crippen molar-refractivity contribution < 1.29 is 168 Å². The van der Waals surface area contributed by atoms with E-state index in [4.69, 9.17) is 65.2 Å². The van der Waals surface area contributed by atoms with Gasteiger partial charge < -0.3 is 117 Å². The molecule has 144 heavy (non-hydrogen) atoms. The molecule has 13 unspecified atom stereocenters. The highest BCUT2D eigenvalue weighted by Gasteiger charge is 2.49. The van der Waals surface area contributed by atoms with Gasteiger partial charge in [-0.15, -0.1) is 0 Å². The maximum Gasteiger partial charge on any atom is 0.366 e. The number of aliphatic hydroxyl groups excluding tert-OH is 4. The van der Waals surface area contributed by atoms with E-state index >= 15 is 0 Å². The number of rotatable bonds is 31. The summed E-state index contributed by atoms with van der Waals surface area (Å²) in [5.74, 6) is -8.17. The summed E-state index contributed by atoms with van der Waals surface area (Å²) in [5.41, 5.74) is 21.2. The third kappa shape index (κ3) is 30.5. The number of carboxylic acids is 4. The molecule has 0 radical (unpaired) electrons. The zero-order valence-electron chi connectivity index (χ0n) is 82.9. The van der Waals surface area contributed by atoms with E-state index in [2.05, 4.69) is 22.1 Å².